The second kappa shape index (κ2) is 5.42. The molecule has 1 amide bonds. The van der Waals surface area contributed by atoms with Gasteiger partial charge in [-0.05, 0) is 13.2 Å². The predicted octanol–water partition coefficient (Wildman–Crippen LogP) is 1.96. The average Bonchev–Trinajstić information content (AvgIpc) is 2.85. The van der Waals surface area contributed by atoms with Gasteiger partial charge in [-0.1, -0.05) is 0 Å². The second-order valence-corrected chi connectivity index (χ2v) is 6.44. The quantitative estimate of drug-likeness (QED) is 0.937. The molecule has 0 aliphatic heterocycles. The number of nitrogens with zero attached hydrogens (tertiary/aromatic N) is 3. The molecule has 19 heavy (non-hydrogen) atoms. The molecule has 0 fully saturated rings. The number of thioether (sulfide) groups is 1. The van der Waals surface area contributed by atoms with Gasteiger partial charge in [0.2, 0.25) is 0 Å². The summed E-state index contributed by atoms with van der Waals surface area (Å²) in [5, 5.41) is 5.24. The van der Waals surface area contributed by atoms with Crippen molar-refractivity contribution in [2.24, 2.45) is 7.05 Å². The summed E-state index contributed by atoms with van der Waals surface area (Å²) in [6, 6.07) is 0. The average molecular weight is 298 g/mol. The minimum absolute atomic E-state index is 0.00727. The summed E-state index contributed by atoms with van der Waals surface area (Å²) in [5.74, 6) is 0.917. The summed E-state index contributed by atoms with van der Waals surface area (Å²) in [4.78, 5) is 15.7. The molecule has 0 spiro atoms. The third-order valence-electron chi connectivity index (χ3n) is 3.05. The van der Waals surface area contributed by atoms with Gasteiger partial charge >= 0.3 is 0 Å². The van der Waals surface area contributed by atoms with Crippen LogP contribution in [0.25, 0.3) is 10.2 Å². The zero-order valence-corrected chi connectivity index (χ0v) is 13.2. The van der Waals surface area contributed by atoms with E-state index in [9.17, 15) is 4.79 Å². The van der Waals surface area contributed by atoms with Gasteiger partial charge in [-0.3, -0.25) is 9.48 Å². The van der Waals surface area contributed by atoms with E-state index in [1.165, 1.54) is 11.3 Å². The minimum Gasteiger partial charge on any atom is -0.397 e. The van der Waals surface area contributed by atoms with E-state index in [4.69, 9.17) is 5.73 Å². The fourth-order valence-corrected chi connectivity index (χ4v) is 3.63. The van der Waals surface area contributed by atoms with Gasteiger partial charge in [0.1, 0.15) is 9.71 Å². The monoisotopic (exact) mass is 298 g/mol. The third-order valence-corrected chi connectivity index (χ3v) is 4.91. The Morgan fingerprint density at radius 2 is 2.26 bits per heavy atom. The molecule has 0 aromatic carbocycles. The molecular weight excluding hydrogens is 280 g/mol. The molecule has 0 unspecified atom stereocenters. The summed E-state index contributed by atoms with van der Waals surface area (Å²) < 4.78 is 1.78. The molecule has 104 valence electrons. The highest BCUT2D eigenvalue weighted by molar-refractivity contribution is 7.98. The Morgan fingerprint density at radius 3 is 2.84 bits per heavy atom. The first-order valence-corrected chi connectivity index (χ1v) is 8.14. The van der Waals surface area contributed by atoms with Crippen LogP contribution in [0.15, 0.2) is 0 Å². The standard InChI is InChI=1S/C12H18N4OS2/c1-7-8-9(13)10(19-12(8)16(3)14-7)11(17)15(2)5-6-18-4/h5-6,13H2,1-4H3. The maximum Gasteiger partial charge on any atom is 0.265 e. The predicted molar refractivity (Wildman–Crippen MR) is 83.1 cm³/mol. The van der Waals surface area contributed by atoms with Gasteiger partial charge in [0.25, 0.3) is 5.91 Å². The van der Waals surface area contributed by atoms with Crippen molar-refractivity contribution in [3.63, 3.8) is 0 Å². The Hall–Kier alpha value is -1.21. The van der Waals surface area contributed by atoms with Crippen LogP contribution in [-0.2, 0) is 7.05 Å². The maximum absolute atomic E-state index is 12.4. The first-order valence-electron chi connectivity index (χ1n) is 5.93. The molecule has 2 aromatic heterocycles. The van der Waals surface area contributed by atoms with Crippen LogP contribution in [-0.4, -0.2) is 46.2 Å². The molecule has 0 saturated carbocycles. The Bertz CT molecular complexity index is 617. The number of anilines is 1. The van der Waals surface area contributed by atoms with Crippen molar-refractivity contribution in [3.05, 3.63) is 10.6 Å². The maximum atomic E-state index is 12.4. The van der Waals surface area contributed by atoms with Gasteiger partial charge in [0.15, 0.2) is 0 Å². The van der Waals surface area contributed by atoms with E-state index < -0.39 is 0 Å². The van der Waals surface area contributed by atoms with Gasteiger partial charge < -0.3 is 10.6 Å². The normalized spacial score (nSPS) is 11.2. The molecule has 2 rings (SSSR count). The van der Waals surface area contributed by atoms with Crippen LogP contribution in [0.2, 0.25) is 0 Å². The van der Waals surface area contributed by atoms with E-state index in [0.29, 0.717) is 10.6 Å². The van der Waals surface area contributed by atoms with Crippen LogP contribution in [0, 0.1) is 6.92 Å². The van der Waals surface area contributed by atoms with Crippen molar-refractivity contribution in [1.29, 1.82) is 0 Å². The third kappa shape index (κ3) is 2.44. The zero-order chi connectivity index (χ0) is 14.2. The smallest absolute Gasteiger partial charge is 0.265 e. The molecule has 0 bridgehead atoms. The molecule has 0 aliphatic rings. The van der Waals surface area contributed by atoms with Gasteiger partial charge in [-0.2, -0.15) is 16.9 Å². The number of carbonyl (C=O) groups is 1. The summed E-state index contributed by atoms with van der Waals surface area (Å²) in [7, 11) is 3.68. The molecule has 2 heterocycles. The highest BCUT2D eigenvalue weighted by atomic mass is 32.2. The van der Waals surface area contributed by atoms with Crippen LogP contribution in [0.1, 0.15) is 15.4 Å². The van der Waals surface area contributed by atoms with E-state index in [1.54, 1.807) is 21.3 Å². The van der Waals surface area contributed by atoms with E-state index in [-0.39, 0.29) is 5.91 Å². The Balaban J connectivity index is 2.38. The number of nitrogen functional groups attached to an aromatic ring is 1. The summed E-state index contributed by atoms with van der Waals surface area (Å²) in [5.41, 5.74) is 7.56. The van der Waals surface area contributed by atoms with Gasteiger partial charge in [-0.15, -0.1) is 11.3 Å². The fraction of sp³-hybridized carbons (Fsp3) is 0.500. The Morgan fingerprint density at radius 1 is 1.58 bits per heavy atom. The van der Waals surface area contributed by atoms with Crippen LogP contribution < -0.4 is 5.73 Å². The van der Waals surface area contributed by atoms with Crippen LogP contribution in [0.5, 0.6) is 0 Å². The number of aromatic nitrogens is 2. The van der Waals surface area contributed by atoms with Gasteiger partial charge in [0, 0.05) is 26.4 Å². The molecule has 2 N–H and O–H groups in total. The van der Waals surface area contributed by atoms with Crippen molar-refractivity contribution in [2.45, 2.75) is 6.92 Å². The van der Waals surface area contributed by atoms with Crippen molar-refractivity contribution >= 4 is 44.9 Å². The largest absolute Gasteiger partial charge is 0.397 e. The van der Waals surface area contributed by atoms with Gasteiger partial charge in [0.05, 0.1) is 16.8 Å². The Labute approximate surface area is 120 Å². The molecule has 0 atom stereocenters. The number of hydrogen-bond donors (Lipinski definition) is 1. The number of amides is 1. The van der Waals surface area contributed by atoms with Crippen LogP contribution in [0.3, 0.4) is 0 Å². The number of thiophene rings is 1. The SMILES string of the molecule is CSCCN(C)C(=O)c1sc2c(c(C)nn2C)c1N. The van der Waals surface area contributed by atoms with Crippen LogP contribution in [0.4, 0.5) is 5.69 Å². The van der Waals surface area contributed by atoms with E-state index in [1.807, 2.05) is 27.3 Å². The molecule has 0 radical (unpaired) electrons. The van der Waals surface area contributed by atoms with Crippen LogP contribution >= 0.6 is 23.1 Å². The van der Waals surface area contributed by atoms with E-state index in [0.717, 1.165) is 28.2 Å². The van der Waals surface area contributed by atoms with E-state index in [2.05, 4.69) is 5.10 Å². The first-order chi connectivity index (χ1) is 8.97. The van der Waals surface area contributed by atoms with Gasteiger partial charge in [-0.25, -0.2) is 0 Å². The van der Waals surface area contributed by atoms with E-state index >= 15 is 0 Å². The molecule has 0 aliphatic carbocycles. The lowest BCUT2D eigenvalue weighted by atomic mass is 10.2. The van der Waals surface area contributed by atoms with Crippen molar-refractivity contribution < 1.29 is 4.79 Å². The molecule has 0 saturated heterocycles. The number of carbonyl (C=O) groups excluding carboxylic acids is 1. The number of hydrogen-bond acceptors (Lipinski definition) is 5. The number of fused-ring (bicyclic) bond motifs is 1. The molecular formula is C12H18N4OS2. The lowest BCUT2D eigenvalue weighted by molar-refractivity contribution is 0.0809. The van der Waals surface area contributed by atoms with Crippen molar-refractivity contribution in [1.82, 2.24) is 14.7 Å². The Kier molecular flexibility index (Phi) is 4.05. The van der Waals surface area contributed by atoms with Crippen molar-refractivity contribution in [2.75, 3.05) is 31.3 Å². The minimum atomic E-state index is -0.00727. The number of aryl methyl sites for hydroxylation is 2. The highest BCUT2D eigenvalue weighted by Gasteiger charge is 2.22. The summed E-state index contributed by atoms with van der Waals surface area (Å²) in [6.45, 7) is 2.64. The first kappa shape index (κ1) is 14.2. The number of rotatable bonds is 4. The summed E-state index contributed by atoms with van der Waals surface area (Å²) >= 11 is 3.14. The zero-order valence-electron chi connectivity index (χ0n) is 11.6. The number of nitrogens with two attached hydrogens (primary N) is 1. The lowest BCUT2D eigenvalue weighted by Crippen LogP contribution is -2.28. The topological polar surface area (TPSA) is 64.2 Å². The molecule has 5 nitrogen and oxygen atoms in total. The highest BCUT2D eigenvalue weighted by Crippen LogP contribution is 2.35. The summed E-state index contributed by atoms with van der Waals surface area (Å²) in [6.07, 6.45) is 2.03. The van der Waals surface area contributed by atoms with Crippen molar-refractivity contribution in [3.8, 4) is 0 Å². The lowest BCUT2D eigenvalue weighted by Gasteiger charge is -2.15. The molecule has 2 aromatic rings. The molecule has 7 heteroatoms. The second-order valence-electron chi connectivity index (χ2n) is 4.45. The fourth-order valence-electron chi connectivity index (χ4n) is 1.99.